The molecule has 4 rings (SSSR count). The first-order valence-electron chi connectivity index (χ1n) is 9.56. The minimum Gasteiger partial charge on any atom is -0.330 e. The highest BCUT2D eigenvalue weighted by Crippen LogP contribution is 2.32. The largest absolute Gasteiger partial charge is 0.330 e. The van der Waals surface area contributed by atoms with Crippen LogP contribution in [0.5, 0.6) is 0 Å². The molecule has 6 nitrogen and oxygen atoms in total. The molecular weight excluding hydrogens is 374 g/mol. The molecule has 1 amide bonds. The lowest BCUT2D eigenvalue weighted by atomic mass is 10.1. The minimum atomic E-state index is -3.32. The number of benzene rings is 2. The Morgan fingerprint density at radius 1 is 1.00 bits per heavy atom. The van der Waals surface area contributed by atoms with Crippen molar-refractivity contribution in [2.75, 3.05) is 24.1 Å². The molecule has 2 fully saturated rings. The molecule has 0 saturated carbocycles. The zero-order valence-electron chi connectivity index (χ0n) is 15.9. The van der Waals surface area contributed by atoms with Crippen LogP contribution in [0.3, 0.4) is 0 Å². The summed E-state index contributed by atoms with van der Waals surface area (Å²) in [6, 6.07) is 17.6. The number of piperazine rings is 1. The second-order valence-electron chi connectivity index (χ2n) is 7.73. The molecule has 2 aromatic rings. The lowest BCUT2D eigenvalue weighted by Gasteiger charge is -2.41. The molecule has 2 aromatic carbocycles. The number of fused-ring (bicyclic) bond motifs is 2. The molecule has 1 N–H and O–H groups in total. The van der Waals surface area contributed by atoms with Crippen LogP contribution in [0.15, 0.2) is 54.6 Å². The first-order valence-corrected chi connectivity index (χ1v) is 11.4. The molecule has 0 radical (unpaired) electrons. The summed E-state index contributed by atoms with van der Waals surface area (Å²) in [5, 5.41) is 0. The smallest absolute Gasteiger partial charge is 0.254 e. The third-order valence-corrected chi connectivity index (χ3v) is 6.08. The molecule has 2 heterocycles. The van der Waals surface area contributed by atoms with Crippen LogP contribution in [0.25, 0.3) is 0 Å². The number of rotatable bonds is 5. The highest BCUT2D eigenvalue weighted by molar-refractivity contribution is 7.92. The van der Waals surface area contributed by atoms with E-state index in [1.54, 1.807) is 24.3 Å². The fourth-order valence-electron chi connectivity index (χ4n) is 4.34. The topological polar surface area (TPSA) is 69.7 Å². The SMILES string of the molecule is CS(=O)(=O)Nc1ccc(C(=O)N2[C@@H]3CC[C@H]2CN(Cc2ccccc2)C3)cc1. The maximum atomic E-state index is 13.1. The van der Waals surface area contributed by atoms with E-state index in [0.29, 0.717) is 11.3 Å². The number of likely N-dealkylation sites (tertiary alicyclic amines) is 1. The maximum absolute atomic E-state index is 13.1. The van der Waals surface area contributed by atoms with Crippen molar-refractivity contribution < 1.29 is 13.2 Å². The van der Waals surface area contributed by atoms with Gasteiger partial charge in [-0.1, -0.05) is 30.3 Å². The molecule has 28 heavy (non-hydrogen) atoms. The van der Waals surface area contributed by atoms with Gasteiger partial charge >= 0.3 is 0 Å². The Morgan fingerprint density at radius 3 is 2.18 bits per heavy atom. The van der Waals surface area contributed by atoms with Gasteiger partial charge in [0.1, 0.15) is 0 Å². The molecule has 0 aliphatic carbocycles. The van der Waals surface area contributed by atoms with Crippen molar-refractivity contribution in [3.8, 4) is 0 Å². The van der Waals surface area contributed by atoms with Crippen molar-refractivity contribution in [2.45, 2.75) is 31.5 Å². The number of nitrogens with zero attached hydrogens (tertiary/aromatic N) is 2. The highest BCUT2D eigenvalue weighted by atomic mass is 32.2. The van der Waals surface area contributed by atoms with E-state index in [1.807, 2.05) is 11.0 Å². The molecule has 7 heteroatoms. The van der Waals surface area contributed by atoms with Gasteiger partial charge in [0.25, 0.3) is 5.91 Å². The molecule has 0 unspecified atom stereocenters. The molecule has 2 aliphatic rings. The molecule has 0 aromatic heterocycles. The number of carbonyl (C=O) groups excluding carboxylic acids is 1. The monoisotopic (exact) mass is 399 g/mol. The van der Waals surface area contributed by atoms with E-state index in [1.165, 1.54) is 5.56 Å². The van der Waals surface area contributed by atoms with Crippen LogP contribution in [0.4, 0.5) is 5.69 Å². The normalized spacial score (nSPS) is 22.2. The summed E-state index contributed by atoms with van der Waals surface area (Å²) in [6.45, 7) is 2.71. The second-order valence-corrected chi connectivity index (χ2v) is 9.48. The molecule has 148 valence electrons. The molecular formula is C21H25N3O3S. The summed E-state index contributed by atoms with van der Waals surface area (Å²) in [5.41, 5.74) is 2.37. The fourth-order valence-corrected chi connectivity index (χ4v) is 4.90. The van der Waals surface area contributed by atoms with E-state index in [4.69, 9.17) is 0 Å². The van der Waals surface area contributed by atoms with Crippen LogP contribution in [0, 0.1) is 0 Å². The van der Waals surface area contributed by atoms with Crippen LogP contribution < -0.4 is 4.72 Å². The number of hydrogen-bond donors (Lipinski definition) is 1. The molecule has 2 atom stereocenters. The Hall–Kier alpha value is -2.38. The van der Waals surface area contributed by atoms with Gasteiger partial charge in [-0.3, -0.25) is 14.4 Å². The molecule has 2 saturated heterocycles. The standard InChI is InChI=1S/C21H25N3O3S/c1-28(26,27)22-18-9-7-17(8-10-18)21(25)24-19-11-12-20(24)15-23(14-19)13-16-5-3-2-4-6-16/h2-10,19-20,22H,11-15H2,1H3/t19-,20+. The lowest BCUT2D eigenvalue weighted by molar-refractivity contribution is 0.0405. The van der Waals surface area contributed by atoms with Gasteiger partial charge in [-0.25, -0.2) is 8.42 Å². The molecule has 0 spiro atoms. The zero-order valence-corrected chi connectivity index (χ0v) is 16.7. The summed E-state index contributed by atoms with van der Waals surface area (Å²) < 4.78 is 25.1. The van der Waals surface area contributed by atoms with Gasteiger partial charge in [-0.05, 0) is 42.7 Å². The Labute approximate surface area is 166 Å². The van der Waals surface area contributed by atoms with Crippen molar-refractivity contribution in [3.63, 3.8) is 0 Å². The van der Waals surface area contributed by atoms with Crippen molar-refractivity contribution in [1.82, 2.24) is 9.80 Å². The summed E-state index contributed by atoms with van der Waals surface area (Å²) in [7, 11) is -3.32. The number of nitrogens with one attached hydrogen (secondary N) is 1. The van der Waals surface area contributed by atoms with Crippen molar-refractivity contribution in [2.24, 2.45) is 0 Å². The summed E-state index contributed by atoms with van der Waals surface area (Å²) >= 11 is 0. The lowest BCUT2D eigenvalue weighted by Crippen LogP contribution is -2.55. The second kappa shape index (κ2) is 7.56. The van der Waals surface area contributed by atoms with E-state index in [9.17, 15) is 13.2 Å². The van der Waals surface area contributed by atoms with Crippen molar-refractivity contribution in [3.05, 3.63) is 65.7 Å². The Kier molecular flexibility index (Phi) is 5.12. The van der Waals surface area contributed by atoms with Crippen molar-refractivity contribution >= 4 is 21.6 Å². The van der Waals surface area contributed by atoms with Crippen LogP contribution >= 0.6 is 0 Å². The average molecular weight is 400 g/mol. The highest BCUT2D eigenvalue weighted by Gasteiger charge is 2.42. The van der Waals surface area contributed by atoms with Crippen LogP contribution in [-0.2, 0) is 16.6 Å². The number of sulfonamides is 1. The minimum absolute atomic E-state index is 0.0396. The molecule has 2 aliphatic heterocycles. The van der Waals surface area contributed by atoms with Gasteiger partial charge < -0.3 is 4.90 Å². The number of hydrogen-bond acceptors (Lipinski definition) is 4. The van der Waals surface area contributed by atoms with Gasteiger partial charge in [0.15, 0.2) is 0 Å². The predicted octanol–water partition coefficient (Wildman–Crippen LogP) is 2.55. The van der Waals surface area contributed by atoms with E-state index < -0.39 is 10.0 Å². The van der Waals surface area contributed by atoms with Crippen molar-refractivity contribution in [1.29, 1.82) is 0 Å². The average Bonchev–Trinajstić information content (AvgIpc) is 2.92. The number of amides is 1. The fraction of sp³-hybridized carbons (Fsp3) is 0.381. The maximum Gasteiger partial charge on any atom is 0.254 e. The van der Waals surface area contributed by atoms with Gasteiger partial charge in [0.2, 0.25) is 10.0 Å². The van der Waals surface area contributed by atoms with Crippen LogP contribution in [-0.4, -0.2) is 55.6 Å². The summed E-state index contributed by atoms with van der Waals surface area (Å²) in [5.74, 6) is 0.0396. The first-order chi connectivity index (χ1) is 13.4. The number of carbonyl (C=O) groups is 1. The third-order valence-electron chi connectivity index (χ3n) is 5.48. The van der Waals surface area contributed by atoms with E-state index in [-0.39, 0.29) is 18.0 Å². The van der Waals surface area contributed by atoms with Crippen LogP contribution in [0.2, 0.25) is 0 Å². The molecule has 2 bridgehead atoms. The number of anilines is 1. The van der Waals surface area contributed by atoms with E-state index in [0.717, 1.165) is 38.7 Å². The third kappa shape index (κ3) is 4.20. The Morgan fingerprint density at radius 2 is 1.61 bits per heavy atom. The van der Waals surface area contributed by atoms with Gasteiger partial charge in [-0.2, -0.15) is 0 Å². The summed E-state index contributed by atoms with van der Waals surface area (Å²) in [4.78, 5) is 17.6. The quantitative estimate of drug-likeness (QED) is 0.839. The van der Waals surface area contributed by atoms with Gasteiger partial charge in [0, 0.05) is 43.0 Å². The Bertz CT molecular complexity index is 931. The summed E-state index contributed by atoms with van der Waals surface area (Å²) in [6.07, 6.45) is 3.18. The Balaban J connectivity index is 1.43. The van der Waals surface area contributed by atoms with Gasteiger partial charge in [0.05, 0.1) is 6.26 Å². The van der Waals surface area contributed by atoms with Gasteiger partial charge in [-0.15, -0.1) is 0 Å². The van der Waals surface area contributed by atoms with E-state index in [2.05, 4.69) is 33.9 Å². The van der Waals surface area contributed by atoms with E-state index >= 15 is 0 Å². The zero-order chi connectivity index (χ0) is 19.7. The van der Waals surface area contributed by atoms with Crippen LogP contribution in [0.1, 0.15) is 28.8 Å². The first kappa shape index (κ1) is 19.0. The predicted molar refractivity (Wildman–Crippen MR) is 110 cm³/mol.